The molecule has 1 N–H and O–H groups in total. The molecule has 0 spiro atoms. The van der Waals surface area contributed by atoms with E-state index in [0.29, 0.717) is 18.1 Å². The molecule has 0 aromatic heterocycles. The van der Waals surface area contributed by atoms with E-state index in [1.807, 2.05) is 13.1 Å². The molecule has 0 unspecified atom stereocenters. The topological polar surface area (TPSA) is 33.7 Å². The minimum atomic E-state index is 0.226. The normalized spacial score (nSPS) is 19.4. The summed E-state index contributed by atoms with van der Waals surface area (Å²) in [6, 6.07) is 6.32. The third kappa shape index (κ3) is 4.12. The average Bonchev–Trinajstić information content (AvgIpc) is 3.02. The number of fused-ring (bicyclic) bond motifs is 1. The van der Waals surface area contributed by atoms with Crippen LogP contribution in [0.4, 0.5) is 0 Å². The fourth-order valence-corrected chi connectivity index (χ4v) is 4.89. The summed E-state index contributed by atoms with van der Waals surface area (Å²) in [6.07, 6.45) is 3.58. The predicted octanol–water partition coefficient (Wildman–Crippen LogP) is 4.01. The van der Waals surface area contributed by atoms with Gasteiger partial charge in [0.1, 0.15) is 0 Å². The van der Waals surface area contributed by atoms with Crippen molar-refractivity contribution < 1.29 is 9.47 Å². The maximum absolute atomic E-state index is 5.73. The standard InChI is InChI=1S/C21H34N2O2/c1-20(2,14-22-5)13-21(3,4)23-11-9-16(10-12-23)17-7-6-8-18-19(17)25-15-24-18/h6-8,16,22H,9-15H2,1-5H3. The molecule has 3 rings (SSSR count). The van der Waals surface area contributed by atoms with E-state index in [1.54, 1.807) is 0 Å². The first-order valence-corrected chi connectivity index (χ1v) is 9.61. The molecule has 140 valence electrons. The van der Waals surface area contributed by atoms with Crippen LogP contribution in [0.2, 0.25) is 0 Å². The van der Waals surface area contributed by atoms with Crippen LogP contribution in [0.1, 0.15) is 58.4 Å². The van der Waals surface area contributed by atoms with Crippen molar-refractivity contribution in [1.82, 2.24) is 10.2 Å². The molecular formula is C21H34N2O2. The average molecular weight is 347 g/mol. The summed E-state index contributed by atoms with van der Waals surface area (Å²) in [5, 5.41) is 3.34. The van der Waals surface area contributed by atoms with E-state index in [0.717, 1.165) is 31.1 Å². The van der Waals surface area contributed by atoms with Gasteiger partial charge < -0.3 is 14.8 Å². The molecule has 2 aliphatic rings. The van der Waals surface area contributed by atoms with Crippen LogP contribution in [0.15, 0.2) is 18.2 Å². The first kappa shape index (κ1) is 18.5. The maximum atomic E-state index is 5.73. The summed E-state index contributed by atoms with van der Waals surface area (Å²) in [5.41, 5.74) is 1.87. The molecule has 4 nitrogen and oxygen atoms in total. The van der Waals surface area contributed by atoms with Gasteiger partial charge in [0.25, 0.3) is 0 Å². The number of hydrogen-bond donors (Lipinski definition) is 1. The molecule has 1 aromatic carbocycles. The molecule has 4 heteroatoms. The number of ether oxygens (including phenoxy) is 2. The van der Waals surface area contributed by atoms with Crippen LogP contribution in [0.5, 0.6) is 11.5 Å². The number of benzene rings is 1. The summed E-state index contributed by atoms with van der Waals surface area (Å²) in [4.78, 5) is 2.68. The van der Waals surface area contributed by atoms with Crippen LogP contribution in [0, 0.1) is 5.41 Å². The molecule has 0 bridgehead atoms. The fraction of sp³-hybridized carbons (Fsp3) is 0.714. The highest BCUT2D eigenvalue weighted by Crippen LogP contribution is 2.43. The van der Waals surface area contributed by atoms with E-state index >= 15 is 0 Å². The summed E-state index contributed by atoms with van der Waals surface area (Å²) in [6.45, 7) is 13.3. The third-order valence-corrected chi connectivity index (χ3v) is 5.78. The van der Waals surface area contributed by atoms with Gasteiger partial charge in [-0.15, -0.1) is 0 Å². The molecule has 0 amide bonds. The minimum absolute atomic E-state index is 0.226. The SMILES string of the molecule is CNCC(C)(C)CC(C)(C)N1CCC(c2cccc3c2OCO3)CC1. The van der Waals surface area contributed by atoms with Gasteiger partial charge in [0, 0.05) is 17.6 Å². The molecular weight excluding hydrogens is 312 g/mol. The van der Waals surface area contributed by atoms with Crippen molar-refractivity contribution in [3.05, 3.63) is 23.8 Å². The van der Waals surface area contributed by atoms with Crippen molar-refractivity contribution in [1.29, 1.82) is 0 Å². The second kappa shape index (κ2) is 7.16. The Morgan fingerprint density at radius 1 is 1.12 bits per heavy atom. The lowest BCUT2D eigenvalue weighted by molar-refractivity contribution is 0.0497. The molecule has 0 atom stereocenters. The highest BCUT2D eigenvalue weighted by molar-refractivity contribution is 5.49. The fourth-order valence-electron chi connectivity index (χ4n) is 4.89. The summed E-state index contributed by atoms with van der Waals surface area (Å²) in [7, 11) is 2.05. The molecule has 0 radical (unpaired) electrons. The van der Waals surface area contributed by atoms with Gasteiger partial charge in [0.15, 0.2) is 11.5 Å². The lowest BCUT2D eigenvalue weighted by Crippen LogP contribution is -2.50. The molecule has 2 heterocycles. The second-order valence-electron chi connectivity index (χ2n) is 9.03. The first-order valence-electron chi connectivity index (χ1n) is 9.61. The van der Waals surface area contributed by atoms with E-state index in [9.17, 15) is 0 Å². The number of likely N-dealkylation sites (tertiary alicyclic amines) is 1. The van der Waals surface area contributed by atoms with Gasteiger partial charge in [-0.3, -0.25) is 4.90 Å². The van der Waals surface area contributed by atoms with Crippen molar-refractivity contribution in [2.75, 3.05) is 33.5 Å². The Labute approximate surface area is 152 Å². The van der Waals surface area contributed by atoms with Gasteiger partial charge in [-0.1, -0.05) is 26.0 Å². The molecule has 0 saturated carbocycles. The second-order valence-corrected chi connectivity index (χ2v) is 9.03. The number of nitrogens with one attached hydrogen (secondary N) is 1. The van der Waals surface area contributed by atoms with Crippen molar-refractivity contribution in [3.63, 3.8) is 0 Å². The van der Waals surface area contributed by atoms with Gasteiger partial charge in [0.05, 0.1) is 0 Å². The molecule has 1 saturated heterocycles. The van der Waals surface area contributed by atoms with Crippen LogP contribution in [-0.4, -0.2) is 43.9 Å². The smallest absolute Gasteiger partial charge is 0.231 e. The molecule has 25 heavy (non-hydrogen) atoms. The monoisotopic (exact) mass is 346 g/mol. The van der Waals surface area contributed by atoms with E-state index < -0.39 is 0 Å². The molecule has 1 fully saturated rings. The zero-order chi connectivity index (χ0) is 18.1. The molecule has 1 aromatic rings. The lowest BCUT2D eigenvalue weighted by Gasteiger charge is -2.46. The first-order chi connectivity index (χ1) is 11.8. The minimum Gasteiger partial charge on any atom is -0.454 e. The van der Waals surface area contributed by atoms with E-state index in [-0.39, 0.29) is 5.54 Å². The van der Waals surface area contributed by atoms with Crippen molar-refractivity contribution >= 4 is 0 Å². The molecule has 0 aliphatic carbocycles. The Bertz CT molecular complexity index is 590. The Morgan fingerprint density at radius 2 is 1.84 bits per heavy atom. The van der Waals surface area contributed by atoms with Crippen LogP contribution >= 0.6 is 0 Å². The van der Waals surface area contributed by atoms with Gasteiger partial charge in [-0.2, -0.15) is 0 Å². The highest BCUT2D eigenvalue weighted by atomic mass is 16.7. The number of para-hydroxylation sites is 1. The number of rotatable bonds is 6. The summed E-state index contributed by atoms with van der Waals surface area (Å²) < 4.78 is 11.3. The Kier molecular flexibility index (Phi) is 5.31. The number of hydrogen-bond acceptors (Lipinski definition) is 4. The maximum Gasteiger partial charge on any atom is 0.231 e. The van der Waals surface area contributed by atoms with Gasteiger partial charge >= 0.3 is 0 Å². The lowest BCUT2D eigenvalue weighted by atomic mass is 9.77. The van der Waals surface area contributed by atoms with Gasteiger partial charge in [-0.25, -0.2) is 0 Å². The van der Waals surface area contributed by atoms with E-state index in [1.165, 1.54) is 24.8 Å². The Balaban J connectivity index is 1.63. The van der Waals surface area contributed by atoms with Crippen molar-refractivity contribution in [3.8, 4) is 11.5 Å². The zero-order valence-corrected chi connectivity index (χ0v) is 16.5. The zero-order valence-electron chi connectivity index (χ0n) is 16.5. The quantitative estimate of drug-likeness (QED) is 0.844. The van der Waals surface area contributed by atoms with Crippen LogP contribution in [0.3, 0.4) is 0 Å². The van der Waals surface area contributed by atoms with Crippen LogP contribution < -0.4 is 14.8 Å². The third-order valence-electron chi connectivity index (χ3n) is 5.78. The van der Waals surface area contributed by atoms with Crippen LogP contribution in [0.25, 0.3) is 0 Å². The molecule has 2 aliphatic heterocycles. The van der Waals surface area contributed by atoms with Crippen molar-refractivity contribution in [2.45, 2.75) is 58.4 Å². The van der Waals surface area contributed by atoms with Gasteiger partial charge in [0.2, 0.25) is 6.79 Å². The summed E-state index contributed by atoms with van der Waals surface area (Å²) in [5.74, 6) is 2.47. The largest absolute Gasteiger partial charge is 0.454 e. The highest BCUT2D eigenvalue weighted by Gasteiger charge is 2.36. The van der Waals surface area contributed by atoms with E-state index in [2.05, 4.69) is 50.0 Å². The predicted molar refractivity (Wildman–Crippen MR) is 103 cm³/mol. The number of piperidine rings is 1. The van der Waals surface area contributed by atoms with Crippen molar-refractivity contribution in [2.24, 2.45) is 5.41 Å². The van der Waals surface area contributed by atoms with Gasteiger partial charge in [-0.05, 0) is 70.6 Å². The van der Waals surface area contributed by atoms with E-state index in [4.69, 9.17) is 9.47 Å². The Hall–Kier alpha value is -1.26. The Morgan fingerprint density at radius 3 is 2.52 bits per heavy atom. The van der Waals surface area contributed by atoms with Crippen LogP contribution in [-0.2, 0) is 0 Å². The summed E-state index contributed by atoms with van der Waals surface area (Å²) >= 11 is 0. The number of nitrogens with zero attached hydrogens (tertiary/aromatic N) is 1.